The first-order chi connectivity index (χ1) is 9.02. The van der Waals surface area contributed by atoms with Crippen molar-refractivity contribution in [3.63, 3.8) is 0 Å². The van der Waals surface area contributed by atoms with E-state index in [1.807, 2.05) is 26.8 Å². The smallest absolute Gasteiger partial charge is 0.131 e. The molecule has 2 rings (SSSR count). The van der Waals surface area contributed by atoms with Crippen LogP contribution < -0.4 is 5.32 Å². The van der Waals surface area contributed by atoms with Gasteiger partial charge in [0.05, 0.1) is 6.04 Å². The fourth-order valence-electron chi connectivity index (χ4n) is 2.26. The molecule has 0 saturated heterocycles. The van der Waals surface area contributed by atoms with E-state index in [1.54, 1.807) is 0 Å². The summed E-state index contributed by atoms with van der Waals surface area (Å²) in [6.45, 7) is 6.30. The lowest BCUT2D eigenvalue weighted by Gasteiger charge is -2.18. The van der Waals surface area contributed by atoms with Crippen molar-refractivity contribution >= 4 is 0 Å². The maximum absolute atomic E-state index is 13.9. The van der Waals surface area contributed by atoms with Gasteiger partial charge in [0.15, 0.2) is 0 Å². The van der Waals surface area contributed by atoms with E-state index in [9.17, 15) is 8.78 Å². The average Bonchev–Trinajstić information content (AvgIpc) is 2.66. The van der Waals surface area contributed by atoms with Gasteiger partial charge in [-0.05, 0) is 32.5 Å². The highest BCUT2D eigenvalue weighted by molar-refractivity contribution is 5.35. The molecule has 0 radical (unpaired) electrons. The lowest BCUT2D eigenvalue weighted by atomic mass is 9.98. The number of nitrogens with one attached hydrogen (secondary N) is 1. The summed E-state index contributed by atoms with van der Waals surface area (Å²) in [5.41, 5.74) is 1.30. The van der Waals surface area contributed by atoms with Crippen LogP contribution in [0.15, 0.2) is 28.7 Å². The summed E-state index contributed by atoms with van der Waals surface area (Å²) in [5.74, 6) is 0.394. The second-order valence-electron chi connectivity index (χ2n) is 4.53. The highest BCUT2D eigenvalue weighted by Gasteiger charge is 2.21. The van der Waals surface area contributed by atoms with E-state index in [-0.39, 0.29) is 6.04 Å². The predicted octanol–water partition coefficient (Wildman–Crippen LogP) is 3.87. The minimum atomic E-state index is -0.573. The molecule has 0 fully saturated rings. The van der Waals surface area contributed by atoms with Crippen LogP contribution in [0, 0.1) is 25.5 Å². The van der Waals surface area contributed by atoms with E-state index < -0.39 is 11.6 Å². The summed E-state index contributed by atoms with van der Waals surface area (Å²) in [6, 6.07) is 5.20. The zero-order valence-corrected chi connectivity index (χ0v) is 11.3. The quantitative estimate of drug-likeness (QED) is 0.907. The van der Waals surface area contributed by atoms with Crippen molar-refractivity contribution in [2.75, 3.05) is 6.54 Å². The summed E-state index contributed by atoms with van der Waals surface area (Å²) in [5, 5.41) is 3.21. The molecule has 102 valence electrons. The third-order valence-corrected chi connectivity index (χ3v) is 3.07. The first-order valence-electron chi connectivity index (χ1n) is 6.28. The Morgan fingerprint density at radius 2 is 1.89 bits per heavy atom. The summed E-state index contributed by atoms with van der Waals surface area (Å²) >= 11 is 0. The van der Waals surface area contributed by atoms with Crippen LogP contribution in [0.1, 0.15) is 35.6 Å². The molecule has 1 N–H and O–H groups in total. The number of rotatable bonds is 4. The third-order valence-electron chi connectivity index (χ3n) is 3.07. The predicted molar refractivity (Wildman–Crippen MR) is 70.1 cm³/mol. The second kappa shape index (κ2) is 5.53. The van der Waals surface area contributed by atoms with Crippen LogP contribution in [-0.4, -0.2) is 6.54 Å². The van der Waals surface area contributed by atoms with Crippen LogP contribution in [-0.2, 0) is 0 Å². The highest BCUT2D eigenvalue weighted by Crippen LogP contribution is 2.29. The van der Waals surface area contributed by atoms with Crippen molar-refractivity contribution in [2.24, 2.45) is 0 Å². The summed E-state index contributed by atoms with van der Waals surface area (Å²) in [4.78, 5) is 0. The van der Waals surface area contributed by atoms with Crippen LogP contribution in [0.3, 0.4) is 0 Å². The van der Waals surface area contributed by atoms with Crippen molar-refractivity contribution in [2.45, 2.75) is 26.8 Å². The van der Waals surface area contributed by atoms with Gasteiger partial charge in [0.25, 0.3) is 0 Å². The molecule has 0 aliphatic heterocycles. The molecular weight excluding hydrogens is 248 g/mol. The Labute approximate surface area is 111 Å². The molecule has 0 aliphatic carbocycles. The molecule has 0 saturated carbocycles. The molecule has 1 aromatic carbocycles. The van der Waals surface area contributed by atoms with E-state index in [1.165, 1.54) is 12.1 Å². The lowest BCUT2D eigenvalue weighted by molar-refractivity contribution is 0.491. The van der Waals surface area contributed by atoms with Gasteiger partial charge < -0.3 is 9.73 Å². The fraction of sp³-hybridized carbons (Fsp3) is 0.333. The second-order valence-corrected chi connectivity index (χ2v) is 4.53. The van der Waals surface area contributed by atoms with Crippen LogP contribution >= 0.6 is 0 Å². The molecular formula is C15H17F2NO. The van der Waals surface area contributed by atoms with Gasteiger partial charge in [-0.2, -0.15) is 0 Å². The van der Waals surface area contributed by atoms with Gasteiger partial charge in [0.2, 0.25) is 0 Å². The average molecular weight is 265 g/mol. The standard InChI is InChI=1S/C15H17F2NO/c1-4-18-15(13-7-9(2)19-10(13)3)12-6-5-11(16)8-14(12)17/h5-8,15,18H,4H2,1-3H3. The molecule has 0 bridgehead atoms. The highest BCUT2D eigenvalue weighted by atomic mass is 19.1. The van der Waals surface area contributed by atoms with Crippen LogP contribution in [0.2, 0.25) is 0 Å². The van der Waals surface area contributed by atoms with Gasteiger partial charge in [0.1, 0.15) is 23.2 Å². The van der Waals surface area contributed by atoms with Crippen molar-refractivity contribution in [1.29, 1.82) is 0 Å². The molecule has 1 atom stereocenters. The molecule has 2 nitrogen and oxygen atoms in total. The van der Waals surface area contributed by atoms with Gasteiger partial charge >= 0.3 is 0 Å². The van der Waals surface area contributed by atoms with Crippen molar-refractivity contribution in [1.82, 2.24) is 5.32 Å². The monoisotopic (exact) mass is 265 g/mol. The Balaban J connectivity index is 2.48. The Kier molecular flexibility index (Phi) is 4.00. The third kappa shape index (κ3) is 2.84. The maximum Gasteiger partial charge on any atom is 0.131 e. The van der Waals surface area contributed by atoms with E-state index in [0.717, 1.165) is 23.2 Å². The number of hydrogen-bond donors (Lipinski definition) is 1. The molecule has 1 unspecified atom stereocenters. The Morgan fingerprint density at radius 1 is 1.16 bits per heavy atom. The van der Waals surface area contributed by atoms with Crippen LogP contribution in [0.5, 0.6) is 0 Å². The zero-order valence-electron chi connectivity index (χ0n) is 11.3. The number of benzene rings is 1. The zero-order chi connectivity index (χ0) is 14.0. The van der Waals surface area contributed by atoms with Crippen LogP contribution in [0.4, 0.5) is 8.78 Å². The Hall–Kier alpha value is -1.68. The van der Waals surface area contributed by atoms with E-state index in [4.69, 9.17) is 4.42 Å². The summed E-state index contributed by atoms with van der Waals surface area (Å²) < 4.78 is 32.4. The Morgan fingerprint density at radius 3 is 2.42 bits per heavy atom. The minimum Gasteiger partial charge on any atom is -0.466 e. The van der Waals surface area contributed by atoms with Crippen molar-refractivity contribution in [3.8, 4) is 0 Å². The number of aryl methyl sites for hydroxylation is 2. The van der Waals surface area contributed by atoms with Gasteiger partial charge in [-0.25, -0.2) is 8.78 Å². The van der Waals surface area contributed by atoms with Gasteiger partial charge in [-0.1, -0.05) is 13.0 Å². The molecule has 19 heavy (non-hydrogen) atoms. The first kappa shape index (κ1) is 13.7. The summed E-state index contributed by atoms with van der Waals surface area (Å²) in [7, 11) is 0. The van der Waals surface area contributed by atoms with Crippen molar-refractivity contribution < 1.29 is 13.2 Å². The maximum atomic E-state index is 13.9. The minimum absolute atomic E-state index is 0.331. The number of hydrogen-bond acceptors (Lipinski definition) is 2. The fourth-order valence-corrected chi connectivity index (χ4v) is 2.26. The topological polar surface area (TPSA) is 25.2 Å². The largest absolute Gasteiger partial charge is 0.466 e. The SMILES string of the molecule is CCNC(c1ccc(F)cc1F)c1cc(C)oc1C. The first-order valence-corrected chi connectivity index (χ1v) is 6.28. The van der Waals surface area contributed by atoms with E-state index in [2.05, 4.69) is 5.32 Å². The molecule has 1 heterocycles. The van der Waals surface area contributed by atoms with Gasteiger partial charge in [0, 0.05) is 17.2 Å². The summed E-state index contributed by atoms with van der Waals surface area (Å²) in [6.07, 6.45) is 0. The molecule has 1 aromatic heterocycles. The molecule has 0 aliphatic rings. The number of furan rings is 1. The number of halogens is 2. The van der Waals surface area contributed by atoms with E-state index >= 15 is 0 Å². The molecule has 4 heteroatoms. The Bertz CT molecular complexity index is 578. The van der Waals surface area contributed by atoms with Crippen molar-refractivity contribution in [3.05, 3.63) is 58.5 Å². The van der Waals surface area contributed by atoms with Gasteiger partial charge in [-0.15, -0.1) is 0 Å². The van der Waals surface area contributed by atoms with Crippen LogP contribution in [0.25, 0.3) is 0 Å². The normalized spacial score (nSPS) is 12.7. The lowest BCUT2D eigenvalue weighted by Crippen LogP contribution is -2.23. The van der Waals surface area contributed by atoms with Gasteiger partial charge in [-0.3, -0.25) is 0 Å². The van der Waals surface area contributed by atoms with E-state index in [0.29, 0.717) is 12.1 Å². The molecule has 0 spiro atoms. The molecule has 2 aromatic rings. The molecule has 0 amide bonds.